The molecular formula is C29H35N5O2. The highest BCUT2D eigenvalue weighted by Crippen LogP contribution is 2.29. The zero-order valence-corrected chi connectivity index (χ0v) is 21.3. The molecule has 7 nitrogen and oxygen atoms in total. The Labute approximate surface area is 213 Å². The monoisotopic (exact) mass is 485 g/mol. The molecule has 1 aromatic heterocycles. The summed E-state index contributed by atoms with van der Waals surface area (Å²) in [5.74, 6) is 1.35. The molecule has 0 atom stereocenters. The van der Waals surface area contributed by atoms with E-state index in [1.807, 2.05) is 49.5 Å². The van der Waals surface area contributed by atoms with Crippen molar-refractivity contribution < 1.29 is 9.53 Å². The van der Waals surface area contributed by atoms with Gasteiger partial charge in [-0.3, -0.25) is 9.78 Å². The number of aryl methyl sites for hydroxylation is 1. The lowest BCUT2D eigenvalue weighted by atomic mass is 9.98. The van der Waals surface area contributed by atoms with E-state index < -0.39 is 0 Å². The van der Waals surface area contributed by atoms with Gasteiger partial charge >= 0.3 is 0 Å². The van der Waals surface area contributed by atoms with E-state index in [-0.39, 0.29) is 11.9 Å². The molecule has 3 N–H and O–H groups in total. The Balaban J connectivity index is 1.49. The third-order valence-electron chi connectivity index (χ3n) is 6.81. The second-order valence-electron chi connectivity index (χ2n) is 9.03. The summed E-state index contributed by atoms with van der Waals surface area (Å²) in [6.45, 7) is 7.39. The van der Waals surface area contributed by atoms with Crippen molar-refractivity contribution in [2.75, 3.05) is 32.0 Å². The minimum Gasteiger partial charge on any atom is -0.457 e. The average molecular weight is 486 g/mol. The first-order valence-corrected chi connectivity index (χ1v) is 12.7. The number of ether oxygens (including phenoxy) is 1. The average Bonchev–Trinajstić information content (AvgIpc) is 2.93. The van der Waals surface area contributed by atoms with E-state index in [2.05, 4.69) is 40.4 Å². The molecule has 0 aliphatic carbocycles. The van der Waals surface area contributed by atoms with Crippen LogP contribution in [0.4, 0.5) is 5.69 Å². The molecule has 1 fully saturated rings. The Kier molecular flexibility index (Phi) is 8.33. The molecule has 188 valence electrons. The van der Waals surface area contributed by atoms with Crippen LogP contribution in [0, 0.1) is 5.41 Å². The van der Waals surface area contributed by atoms with E-state index in [4.69, 9.17) is 10.1 Å². The molecule has 36 heavy (non-hydrogen) atoms. The predicted molar refractivity (Wildman–Crippen MR) is 146 cm³/mol. The zero-order chi connectivity index (χ0) is 25.5. The number of hydrogen-bond donors (Lipinski definition) is 3. The third-order valence-corrected chi connectivity index (χ3v) is 6.81. The van der Waals surface area contributed by atoms with Gasteiger partial charge in [-0.25, -0.2) is 0 Å². The van der Waals surface area contributed by atoms with Crippen LogP contribution in [0.1, 0.15) is 48.2 Å². The molecule has 2 aromatic carbocycles. The summed E-state index contributed by atoms with van der Waals surface area (Å²) >= 11 is 0. The number of hydrogen-bond acceptors (Lipinski definition) is 6. The van der Waals surface area contributed by atoms with Crippen LogP contribution in [0.15, 0.2) is 54.7 Å². The van der Waals surface area contributed by atoms with Crippen LogP contribution < -0.4 is 15.4 Å². The lowest BCUT2D eigenvalue weighted by Crippen LogP contribution is -2.44. The summed E-state index contributed by atoms with van der Waals surface area (Å²) in [6, 6.07) is 15.4. The van der Waals surface area contributed by atoms with E-state index in [1.54, 1.807) is 6.20 Å². The van der Waals surface area contributed by atoms with Crippen LogP contribution in [-0.2, 0) is 6.42 Å². The number of carbonyl (C=O) groups excluding carboxylic acids is 1. The van der Waals surface area contributed by atoms with Crippen molar-refractivity contribution in [2.24, 2.45) is 0 Å². The smallest absolute Gasteiger partial charge is 0.251 e. The minimum atomic E-state index is 0.00657. The molecule has 1 amide bonds. The summed E-state index contributed by atoms with van der Waals surface area (Å²) in [5.41, 5.74) is 5.09. The van der Waals surface area contributed by atoms with E-state index in [9.17, 15) is 4.79 Å². The molecule has 0 spiro atoms. The summed E-state index contributed by atoms with van der Waals surface area (Å²) in [4.78, 5) is 20.0. The molecule has 7 heteroatoms. The van der Waals surface area contributed by atoms with E-state index >= 15 is 0 Å². The fourth-order valence-corrected chi connectivity index (χ4v) is 4.63. The van der Waals surface area contributed by atoms with Crippen LogP contribution in [0.25, 0.3) is 11.3 Å². The quantitative estimate of drug-likeness (QED) is 0.355. The summed E-state index contributed by atoms with van der Waals surface area (Å²) in [6.07, 6.45) is 5.79. The van der Waals surface area contributed by atoms with Gasteiger partial charge < -0.3 is 25.7 Å². The second-order valence-corrected chi connectivity index (χ2v) is 9.03. The van der Waals surface area contributed by atoms with Gasteiger partial charge in [-0.1, -0.05) is 19.9 Å². The van der Waals surface area contributed by atoms with Crippen molar-refractivity contribution in [2.45, 2.75) is 39.2 Å². The van der Waals surface area contributed by atoms with Crippen LogP contribution in [0.3, 0.4) is 0 Å². The fourth-order valence-electron chi connectivity index (χ4n) is 4.63. The molecule has 0 radical (unpaired) electrons. The molecule has 1 saturated heterocycles. The predicted octanol–water partition coefficient (Wildman–Crippen LogP) is 5.36. The molecule has 2 heterocycles. The molecule has 4 rings (SSSR count). The van der Waals surface area contributed by atoms with Gasteiger partial charge in [-0.15, -0.1) is 0 Å². The Hall–Kier alpha value is -3.71. The van der Waals surface area contributed by atoms with Crippen molar-refractivity contribution in [3.8, 4) is 22.8 Å². The SMILES string of the molecule is CCc1cc(-c2cc(Oc3ccc(C=N)c(NC)c3)ccn2)ccc1C(=O)NC1CCN(CC)CC1. The van der Waals surface area contributed by atoms with E-state index in [0.29, 0.717) is 11.5 Å². The number of piperidine rings is 1. The highest BCUT2D eigenvalue weighted by molar-refractivity contribution is 5.96. The third kappa shape index (κ3) is 5.91. The van der Waals surface area contributed by atoms with Gasteiger partial charge in [0.25, 0.3) is 5.91 Å². The first-order chi connectivity index (χ1) is 17.5. The number of rotatable bonds is 9. The van der Waals surface area contributed by atoms with Gasteiger partial charge in [0.1, 0.15) is 11.5 Å². The first-order valence-electron chi connectivity index (χ1n) is 12.7. The van der Waals surface area contributed by atoms with Gasteiger partial charge in [0.05, 0.1) is 5.69 Å². The van der Waals surface area contributed by atoms with Crippen LogP contribution >= 0.6 is 0 Å². The molecule has 3 aromatic rings. The Bertz CT molecular complexity index is 1220. The molecular weight excluding hydrogens is 450 g/mol. The summed E-state index contributed by atoms with van der Waals surface area (Å²) < 4.78 is 6.08. The molecule has 1 aliphatic rings. The summed E-state index contributed by atoms with van der Waals surface area (Å²) in [7, 11) is 1.82. The Morgan fingerprint density at radius 2 is 1.89 bits per heavy atom. The second kappa shape index (κ2) is 11.8. The number of likely N-dealkylation sites (tertiary alicyclic amines) is 1. The molecule has 1 aliphatic heterocycles. The number of carbonyl (C=O) groups is 1. The van der Waals surface area contributed by atoms with Crippen molar-refractivity contribution in [3.05, 3.63) is 71.4 Å². The van der Waals surface area contributed by atoms with Gasteiger partial charge in [0.2, 0.25) is 0 Å². The fraction of sp³-hybridized carbons (Fsp3) is 0.345. The number of nitrogens with one attached hydrogen (secondary N) is 3. The van der Waals surface area contributed by atoms with Crippen LogP contribution in [0.5, 0.6) is 11.5 Å². The van der Waals surface area contributed by atoms with Crippen molar-refractivity contribution in [1.82, 2.24) is 15.2 Å². The maximum atomic E-state index is 13.1. The van der Waals surface area contributed by atoms with Gasteiger partial charge in [0, 0.05) is 73.1 Å². The Morgan fingerprint density at radius 1 is 1.11 bits per heavy atom. The number of pyridine rings is 1. The number of benzene rings is 2. The van der Waals surface area contributed by atoms with Crippen molar-refractivity contribution >= 4 is 17.8 Å². The first kappa shape index (κ1) is 25.4. The summed E-state index contributed by atoms with van der Waals surface area (Å²) in [5, 5.41) is 13.9. The van der Waals surface area contributed by atoms with Crippen molar-refractivity contribution in [1.29, 1.82) is 5.41 Å². The standard InChI is InChI=1S/C29H35N5O2/c1-4-20-16-21(7-9-26(20)29(35)33-23-11-14-34(5-2)15-12-23)28-18-25(10-13-32-28)36-24-8-6-22(19-30)27(17-24)31-3/h6-10,13,16-19,23,30-31H,4-5,11-12,14-15H2,1-3H3,(H,33,35). The lowest BCUT2D eigenvalue weighted by molar-refractivity contribution is 0.0912. The number of amides is 1. The highest BCUT2D eigenvalue weighted by Gasteiger charge is 2.21. The minimum absolute atomic E-state index is 0.00657. The molecule has 0 saturated carbocycles. The Morgan fingerprint density at radius 3 is 2.58 bits per heavy atom. The highest BCUT2D eigenvalue weighted by atomic mass is 16.5. The maximum absolute atomic E-state index is 13.1. The van der Waals surface area contributed by atoms with Crippen molar-refractivity contribution in [3.63, 3.8) is 0 Å². The number of anilines is 1. The molecule has 0 bridgehead atoms. The molecule has 0 unspecified atom stereocenters. The largest absolute Gasteiger partial charge is 0.457 e. The zero-order valence-electron chi connectivity index (χ0n) is 21.3. The lowest BCUT2D eigenvalue weighted by Gasteiger charge is -2.31. The van der Waals surface area contributed by atoms with E-state index in [1.165, 1.54) is 6.21 Å². The number of aromatic nitrogens is 1. The topological polar surface area (TPSA) is 90.3 Å². The number of nitrogens with zero attached hydrogens (tertiary/aromatic N) is 2. The normalized spacial score (nSPS) is 14.3. The van der Waals surface area contributed by atoms with Crippen LogP contribution in [0.2, 0.25) is 0 Å². The maximum Gasteiger partial charge on any atom is 0.251 e. The van der Waals surface area contributed by atoms with E-state index in [0.717, 1.165) is 72.5 Å². The van der Waals surface area contributed by atoms with Crippen LogP contribution in [-0.4, -0.2) is 54.7 Å². The van der Waals surface area contributed by atoms with Gasteiger partial charge in [-0.2, -0.15) is 0 Å². The van der Waals surface area contributed by atoms with Gasteiger partial charge in [0.15, 0.2) is 0 Å². The van der Waals surface area contributed by atoms with Gasteiger partial charge in [-0.05, 0) is 61.7 Å².